The molecule has 0 spiro atoms. The number of carbonyl (C=O) groups is 1. The number of carbonyl (C=O) groups excluding carboxylic acids is 1. The monoisotopic (exact) mass is 363 g/mol. The van der Waals surface area contributed by atoms with Gasteiger partial charge in [-0.15, -0.1) is 5.10 Å². The van der Waals surface area contributed by atoms with Crippen LogP contribution in [0.15, 0.2) is 33.0 Å². The number of thioether (sulfide) groups is 2. The lowest BCUT2D eigenvalue weighted by molar-refractivity contribution is -0.113. The lowest BCUT2D eigenvalue weighted by Gasteiger charge is -2.09. The zero-order valence-electron chi connectivity index (χ0n) is 13.3. The Hall–Kier alpha value is -2.18. The molecule has 0 aliphatic carbocycles. The van der Waals surface area contributed by atoms with Crippen molar-refractivity contribution in [3.05, 3.63) is 34.2 Å². The smallest absolute Gasteiger partial charge is 0.325 e. The highest BCUT2D eigenvalue weighted by atomic mass is 32.2. The fraction of sp³-hybridized carbons (Fsp3) is 0.333. The number of aromatic amines is 1. The molecule has 1 aromatic carbocycles. The van der Waals surface area contributed by atoms with Crippen LogP contribution in [0.1, 0.15) is 18.9 Å². The fourth-order valence-corrected chi connectivity index (χ4v) is 3.29. The van der Waals surface area contributed by atoms with Gasteiger partial charge in [0.25, 0.3) is 0 Å². The van der Waals surface area contributed by atoms with E-state index in [1.165, 1.54) is 16.3 Å². The van der Waals surface area contributed by atoms with Crippen molar-refractivity contribution in [2.24, 2.45) is 0 Å². The van der Waals surface area contributed by atoms with Crippen molar-refractivity contribution in [3.8, 4) is 5.40 Å². The third-order valence-corrected chi connectivity index (χ3v) is 4.70. The molecule has 1 heterocycles. The summed E-state index contributed by atoms with van der Waals surface area (Å²) < 4.78 is 1.52. The molecule has 126 valence electrons. The second kappa shape index (κ2) is 8.61. The first-order chi connectivity index (χ1) is 11.5. The van der Waals surface area contributed by atoms with E-state index in [0.29, 0.717) is 17.4 Å². The maximum Gasteiger partial charge on any atom is 0.343 e. The molecule has 0 aliphatic heterocycles. The van der Waals surface area contributed by atoms with Crippen molar-refractivity contribution in [1.82, 2.24) is 14.8 Å². The molecule has 0 aliphatic rings. The number of hydrogen-bond acceptors (Lipinski definition) is 6. The van der Waals surface area contributed by atoms with Gasteiger partial charge in [-0.05, 0) is 48.9 Å². The third-order valence-electron chi connectivity index (χ3n) is 3.14. The van der Waals surface area contributed by atoms with Crippen LogP contribution in [0.3, 0.4) is 0 Å². The van der Waals surface area contributed by atoms with Crippen LogP contribution in [0.25, 0.3) is 0 Å². The molecule has 0 radical (unpaired) electrons. The summed E-state index contributed by atoms with van der Waals surface area (Å²) in [7, 11) is 0. The van der Waals surface area contributed by atoms with E-state index in [9.17, 15) is 9.59 Å². The largest absolute Gasteiger partial charge is 0.343 e. The maximum atomic E-state index is 12.1. The summed E-state index contributed by atoms with van der Waals surface area (Å²) in [5.74, 6) is -0.0235. The number of hydrogen-bond donors (Lipinski definition) is 2. The van der Waals surface area contributed by atoms with Gasteiger partial charge in [0.05, 0.1) is 5.75 Å². The summed E-state index contributed by atoms with van der Waals surface area (Å²) in [6, 6.07) is 5.42. The van der Waals surface area contributed by atoms with E-state index >= 15 is 0 Å². The van der Waals surface area contributed by atoms with Gasteiger partial charge in [0.2, 0.25) is 5.91 Å². The van der Waals surface area contributed by atoms with Gasteiger partial charge in [-0.2, -0.15) is 5.26 Å². The predicted octanol–water partition coefficient (Wildman–Crippen LogP) is 2.59. The van der Waals surface area contributed by atoms with Crippen LogP contribution in [-0.4, -0.2) is 26.4 Å². The highest BCUT2D eigenvalue weighted by molar-refractivity contribution is 8.03. The zero-order chi connectivity index (χ0) is 17.5. The SMILES string of the molecule is CCCn1c(SCC(=O)Nc2ccc(SC#N)cc2C)n[nH]c1=O. The second-order valence-corrected chi connectivity index (χ2v) is 6.77. The molecule has 0 saturated carbocycles. The summed E-state index contributed by atoms with van der Waals surface area (Å²) in [5.41, 5.74) is 1.33. The van der Waals surface area contributed by atoms with Crippen molar-refractivity contribution in [2.45, 2.75) is 36.9 Å². The molecule has 0 atom stereocenters. The standard InChI is InChI=1S/C15H17N5O2S2/c1-3-6-20-14(22)18-19-15(20)23-8-13(21)17-12-5-4-11(24-9-16)7-10(12)2/h4-5,7H,3,6,8H2,1-2H3,(H,17,21)(H,18,22). The van der Waals surface area contributed by atoms with Crippen molar-refractivity contribution >= 4 is 35.1 Å². The molecule has 24 heavy (non-hydrogen) atoms. The van der Waals surface area contributed by atoms with Crippen molar-refractivity contribution in [2.75, 3.05) is 11.1 Å². The second-order valence-electron chi connectivity index (χ2n) is 4.97. The molecule has 1 amide bonds. The Labute approximate surface area is 147 Å². The predicted molar refractivity (Wildman–Crippen MR) is 95.1 cm³/mol. The van der Waals surface area contributed by atoms with Gasteiger partial charge in [-0.3, -0.25) is 9.36 Å². The van der Waals surface area contributed by atoms with E-state index in [4.69, 9.17) is 5.26 Å². The maximum absolute atomic E-state index is 12.1. The van der Waals surface area contributed by atoms with Crippen LogP contribution in [0, 0.1) is 17.6 Å². The van der Waals surface area contributed by atoms with E-state index in [0.717, 1.165) is 28.6 Å². The molecule has 1 aromatic heterocycles. The lowest BCUT2D eigenvalue weighted by atomic mass is 10.2. The number of aromatic nitrogens is 3. The van der Waals surface area contributed by atoms with Gasteiger partial charge in [0, 0.05) is 17.1 Å². The number of benzene rings is 1. The number of nitriles is 1. The molecular formula is C15H17N5O2S2. The molecule has 0 bridgehead atoms. The van der Waals surface area contributed by atoms with E-state index in [1.54, 1.807) is 12.1 Å². The summed E-state index contributed by atoms with van der Waals surface area (Å²) >= 11 is 2.29. The Bertz CT molecular complexity index is 822. The third kappa shape index (κ3) is 4.66. The zero-order valence-corrected chi connectivity index (χ0v) is 15.0. The van der Waals surface area contributed by atoms with Gasteiger partial charge in [0.15, 0.2) is 5.16 Å². The lowest BCUT2D eigenvalue weighted by Crippen LogP contribution is -2.18. The average Bonchev–Trinajstić information content (AvgIpc) is 2.89. The topological polar surface area (TPSA) is 104 Å². The number of thiocyanates is 1. The highest BCUT2D eigenvalue weighted by Gasteiger charge is 2.11. The van der Waals surface area contributed by atoms with Gasteiger partial charge < -0.3 is 5.32 Å². The van der Waals surface area contributed by atoms with Crippen LogP contribution in [0.5, 0.6) is 0 Å². The van der Waals surface area contributed by atoms with Crippen LogP contribution in [0.4, 0.5) is 5.69 Å². The van der Waals surface area contributed by atoms with E-state index in [1.807, 2.05) is 25.3 Å². The molecule has 0 fully saturated rings. The summed E-state index contributed by atoms with van der Waals surface area (Å²) in [4.78, 5) is 24.5. The highest BCUT2D eigenvalue weighted by Crippen LogP contribution is 2.23. The summed E-state index contributed by atoms with van der Waals surface area (Å²) in [6.45, 7) is 4.41. The first-order valence-electron chi connectivity index (χ1n) is 7.29. The molecule has 9 heteroatoms. The Morgan fingerprint density at radius 1 is 1.50 bits per heavy atom. The molecule has 2 aromatic rings. The first-order valence-corrected chi connectivity index (χ1v) is 9.09. The number of aryl methyl sites for hydroxylation is 1. The average molecular weight is 363 g/mol. The molecular weight excluding hydrogens is 346 g/mol. The Morgan fingerprint density at radius 3 is 2.96 bits per heavy atom. The normalized spacial score (nSPS) is 10.4. The minimum Gasteiger partial charge on any atom is -0.325 e. The number of anilines is 1. The molecule has 7 nitrogen and oxygen atoms in total. The summed E-state index contributed by atoms with van der Waals surface area (Å²) in [5, 5.41) is 20.4. The Balaban J connectivity index is 1.97. The van der Waals surface area contributed by atoms with Crippen LogP contribution >= 0.6 is 23.5 Å². The van der Waals surface area contributed by atoms with Gasteiger partial charge in [0.1, 0.15) is 5.40 Å². The number of nitrogens with zero attached hydrogens (tertiary/aromatic N) is 3. The van der Waals surface area contributed by atoms with Crippen LogP contribution < -0.4 is 11.0 Å². The van der Waals surface area contributed by atoms with Crippen molar-refractivity contribution in [3.63, 3.8) is 0 Å². The van der Waals surface area contributed by atoms with Gasteiger partial charge >= 0.3 is 5.69 Å². The summed E-state index contributed by atoms with van der Waals surface area (Å²) in [6.07, 6.45) is 0.811. The number of amides is 1. The molecule has 0 unspecified atom stereocenters. The molecule has 0 saturated heterocycles. The van der Waals surface area contributed by atoms with Gasteiger partial charge in [-0.1, -0.05) is 18.7 Å². The minimum atomic E-state index is -0.263. The van der Waals surface area contributed by atoms with Crippen molar-refractivity contribution in [1.29, 1.82) is 5.26 Å². The Kier molecular flexibility index (Phi) is 6.52. The van der Waals surface area contributed by atoms with Gasteiger partial charge in [-0.25, -0.2) is 9.89 Å². The van der Waals surface area contributed by atoms with E-state index in [-0.39, 0.29) is 17.3 Å². The van der Waals surface area contributed by atoms with Crippen LogP contribution in [0.2, 0.25) is 0 Å². The number of rotatable bonds is 7. The van der Waals surface area contributed by atoms with E-state index in [2.05, 4.69) is 15.5 Å². The number of H-pyrrole nitrogens is 1. The molecule has 2 N–H and O–H groups in total. The number of nitrogens with one attached hydrogen (secondary N) is 2. The molecule has 2 rings (SSSR count). The fourth-order valence-electron chi connectivity index (χ4n) is 2.04. The van der Waals surface area contributed by atoms with Crippen molar-refractivity contribution < 1.29 is 4.79 Å². The van der Waals surface area contributed by atoms with Crippen LogP contribution in [-0.2, 0) is 11.3 Å². The quantitative estimate of drug-likeness (QED) is 0.579. The Morgan fingerprint density at radius 2 is 2.29 bits per heavy atom. The minimum absolute atomic E-state index is 0.155. The van der Waals surface area contributed by atoms with E-state index < -0.39 is 0 Å². The first kappa shape index (κ1) is 18.2.